The highest BCUT2D eigenvalue weighted by molar-refractivity contribution is 7.94. The summed E-state index contributed by atoms with van der Waals surface area (Å²) in [5, 5.41) is 1.74. The van der Waals surface area contributed by atoms with E-state index in [1.54, 1.807) is 41.8 Å². The summed E-state index contributed by atoms with van der Waals surface area (Å²) in [6.45, 7) is 2.14. The molecule has 0 N–H and O–H groups in total. The first-order valence-corrected chi connectivity index (χ1v) is 12.8. The monoisotopic (exact) mass is 448 g/mol. The lowest BCUT2D eigenvalue weighted by Crippen LogP contribution is -2.44. The number of likely N-dealkylation sites (tertiary alicyclic amines) is 1. The van der Waals surface area contributed by atoms with Gasteiger partial charge in [0.15, 0.2) is 6.61 Å². The van der Waals surface area contributed by atoms with Crippen LogP contribution in [0.2, 0.25) is 0 Å². The summed E-state index contributed by atoms with van der Waals surface area (Å²) < 4.78 is 32.6. The lowest BCUT2D eigenvalue weighted by Gasteiger charge is -2.33. The first kappa shape index (κ1) is 21.2. The van der Waals surface area contributed by atoms with E-state index in [1.807, 2.05) is 4.90 Å². The fourth-order valence-electron chi connectivity index (χ4n) is 4.79. The second kappa shape index (κ2) is 8.59. The van der Waals surface area contributed by atoms with E-state index < -0.39 is 10.0 Å². The zero-order valence-electron chi connectivity index (χ0n) is 17.4. The molecule has 0 radical (unpaired) electrons. The van der Waals surface area contributed by atoms with Gasteiger partial charge in [0.25, 0.3) is 15.9 Å². The van der Waals surface area contributed by atoms with E-state index in [4.69, 9.17) is 4.74 Å². The molecule has 1 amide bonds. The molecule has 1 aliphatic carbocycles. The Kier molecular flexibility index (Phi) is 6.06. The third kappa shape index (κ3) is 4.07. The lowest BCUT2D eigenvalue weighted by atomic mass is 9.85. The zero-order valence-corrected chi connectivity index (χ0v) is 19.0. The highest BCUT2D eigenvalue weighted by Gasteiger charge is 2.42. The van der Waals surface area contributed by atoms with Gasteiger partial charge in [-0.1, -0.05) is 18.9 Å². The van der Waals surface area contributed by atoms with Crippen LogP contribution in [0.25, 0.3) is 0 Å². The number of amides is 1. The number of thiophene rings is 1. The average Bonchev–Trinajstić information content (AvgIpc) is 3.39. The van der Waals surface area contributed by atoms with Gasteiger partial charge in [0, 0.05) is 19.1 Å². The number of carbonyl (C=O) groups is 1. The fourth-order valence-corrected chi connectivity index (χ4v) is 7.15. The lowest BCUT2D eigenvalue weighted by molar-refractivity contribution is -0.136. The highest BCUT2D eigenvalue weighted by atomic mass is 32.2. The minimum absolute atomic E-state index is 0.0102. The quantitative estimate of drug-likeness (QED) is 0.666. The largest absolute Gasteiger partial charge is 0.484 e. The summed E-state index contributed by atoms with van der Waals surface area (Å²) in [5.41, 5.74) is 0.542. The molecular weight excluding hydrogens is 420 g/mol. The summed E-state index contributed by atoms with van der Waals surface area (Å²) in [4.78, 5) is 14.9. The third-order valence-electron chi connectivity index (χ3n) is 6.31. The number of hydrogen-bond donors (Lipinski definition) is 0. The molecule has 0 bridgehead atoms. The SMILES string of the molecule is CC1CC2CCCCC2N1C(=O)COc1ccc(N(C)S(=O)(=O)c2cccs2)cc1. The van der Waals surface area contributed by atoms with Crippen LogP contribution >= 0.6 is 11.3 Å². The molecule has 2 fully saturated rings. The van der Waals surface area contributed by atoms with Gasteiger partial charge in [-0.3, -0.25) is 9.10 Å². The molecule has 0 spiro atoms. The van der Waals surface area contributed by atoms with Crippen LogP contribution in [0.5, 0.6) is 5.75 Å². The van der Waals surface area contributed by atoms with Crippen molar-refractivity contribution in [2.24, 2.45) is 5.92 Å². The van der Waals surface area contributed by atoms with Gasteiger partial charge in [-0.15, -0.1) is 11.3 Å². The standard InChI is InChI=1S/C22H28N2O4S2/c1-16-14-17-6-3-4-7-20(17)24(16)21(25)15-28-19-11-9-18(10-12-19)23(2)30(26,27)22-8-5-13-29-22/h5,8-13,16-17,20H,3-4,6-7,14-15H2,1-2H3. The molecule has 3 unspecified atom stereocenters. The predicted molar refractivity (Wildman–Crippen MR) is 119 cm³/mol. The first-order chi connectivity index (χ1) is 14.4. The number of carbonyl (C=O) groups excluding carboxylic acids is 1. The summed E-state index contributed by atoms with van der Waals surface area (Å²) in [6.07, 6.45) is 5.89. The van der Waals surface area contributed by atoms with E-state index >= 15 is 0 Å². The van der Waals surface area contributed by atoms with Gasteiger partial charge in [-0.05, 0) is 67.8 Å². The molecule has 2 aromatic rings. The van der Waals surface area contributed by atoms with Crippen LogP contribution in [0.4, 0.5) is 5.69 Å². The van der Waals surface area contributed by atoms with Crippen molar-refractivity contribution in [3.8, 4) is 5.75 Å². The summed E-state index contributed by atoms with van der Waals surface area (Å²) in [7, 11) is -2.03. The van der Waals surface area contributed by atoms with Crippen molar-refractivity contribution in [3.63, 3.8) is 0 Å². The number of sulfonamides is 1. The van der Waals surface area contributed by atoms with Crippen LogP contribution in [0, 0.1) is 5.92 Å². The van der Waals surface area contributed by atoms with E-state index in [9.17, 15) is 13.2 Å². The number of ether oxygens (including phenoxy) is 1. The van der Waals surface area contributed by atoms with Crippen molar-refractivity contribution in [2.45, 2.75) is 55.3 Å². The molecule has 2 heterocycles. The Morgan fingerprint density at radius 3 is 2.63 bits per heavy atom. The summed E-state index contributed by atoms with van der Waals surface area (Å²) in [5.74, 6) is 1.23. The van der Waals surface area contributed by atoms with E-state index in [2.05, 4.69) is 6.92 Å². The number of benzene rings is 1. The first-order valence-electron chi connectivity index (χ1n) is 10.4. The van der Waals surface area contributed by atoms with E-state index in [0.717, 1.165) is 12.8 Å². The molecule has 1 aliphatic heterocycles. The van der Waals surface area contributed by atoms with Gasteiger partial charge in [-0.25, -0.2) is 8.42 Å². The van der Waals surface area contributed by atoms with E-state index in [0.29, 0.717) is 27.6 Å². The average molecular weight is 449 g/mol. The van der Waals surface area contributed by atoms with Crippen LogP contribution < -0.4 is 9.04 Å². The number of fused-ring (bicyclic) bond motifs is 1. The highest BCUT2D eigenvalue weighted by Crippen LogP contribution is 2.39. The Hall–Kier alpha value is -2.06. The normalized spacial score (nSPS) is 23.8. The van der Waals surface area contributed by atoms with Crippen molar-refractivity contribution in [1.82, 2.24) is 4.90 Å². The molecule has 162 valence electrons. The number of nitrogens with zero attached hydrogens (tertiary/aromatic N) is 2. The smallest absolute Gasteiger partial charge is 0.273 e. The van der Waals surface area contributed by atoms with Crippen molar-refractivity contribution >= 4 is 33.0 Å². The Morgan fingerprint density at radius 2 is 1.93 bits per heavy atom. The number of hydrogen-bond acceptors (Lipinski definition) is 5. The van der Waals surface area contributed by atoms with Crippen LogP contribution in [0.1, 0.15) is 39.0 Å². The number of anilines is 1. The molecule has 1 saturated carbocycles. The maximum atomic E-state index is 12.8. The minimum Gasteiger partial charge on any atom is -0.484 e. The van der Waals surface area contributed by atoms with Crippen LogP contribution in [-0.2, 0) is 14.8 Å². The topological polar surface area (TPSA) is 66.9 Å². The van der Waals surface area contributed by atoms with Gasteiger partial charge < -0.3 is 9.64 Å². The van der Waals surface area contributed by atoms with Crippen molar-refractivity contribution in [2.75, 3.05) is 18.0 Å². The minimum atomic E-state index is -3.57. The Labute approximate surface area is 182 Å². The van der Waals surface area contributed by atoms with E-state index in [1.165, 1.54) is 42.0 Å². The van der Waals surface area contributed by atoms with Crippen molar-refractivity contribution in [3.05, 3.63) is 41.8 Å². The van der Waals surface area contributed by atoms with Gasteiger partial charge in [0.05, 0.1) is 5.69 Å². The molecule has 30 heavy (non-hydrogen) atoms. The molecule has 1 aromatic carbocycles. The zero-order chi connectivity index (χ0) is 21.3. The molecule has 6 nitrogen and oxygen atoms in total. The van der Waals surface area contributed by atoms with Crippen LogP contribution in [-0.4, -0.2) is 45.0 Å². The Bertz CT molecular complexity index is 973. The molecule has 2 aliphatic rings. The molecule has 1 saturated heterocycles. The summed E-state index contributed by atoms with van der Waals surface area (Å²) >= 11 is 1.19. The van der Waals surface area contributed by atoms with E-state index in [-0.39, 0.29) is 18.6 Å². The molecule has 4 rings (SSSR count). The van der Waals surface area contributed by atoms with Crippen LogP contribution in [0.15, 0.2) is 46.0 Å². The predicted octanol–water partition coefficient (Wildman–Crippen LogP) is 4.13. The number of rotatable bonds is 6. The molecular formula is C22H28N2O4S2. The van der Waals surface area contributed by atoms with Gasteiger partial charge in [-0.2, -0.15) is 0 Å². The van der Waals surface area contributed by atoms with Crippen LogP contribution in [0.3, 0.4) is 0 Å². The molecule has 8 heteroatoms. The second-order valence-electron chi connectivity index (χ2n) is 8.18. The van der Waals surface area contributed by atoms with Gasteiger partial charge in [0.2, 0.25) is 0 Å². The Morgan fingerprint density at radius 1 is 1.20 bits per heavy atom. The van der Waals surface area contributed by atoms with Crippen molar-refractivity contribution in [1.29, 1.82) is 0 Å². The fraction of sp³-hybridized carbons (Fsp3) is 0.500. The maximum Gasteiger partial charge on any atom is 0.273 e. The summed E-state index contributed by atoms with van der Waals surface area (Å²) in [6, 6.07) is 10.8. The Balaban J connectivity index is 1.37. The molecule has 1 aromatic heterocycles. The third-order valence-corrected chi connectivity index (χ3v) is 9.46. The second-order valence-corrected chi connectivity index (χ2v) is 11.3. The van der Waals surface area contributed by atoms with Gasteiger partial charge >= 0.3 is 0 Å². The van der Waals surface area contributed by atoms with Crippen molar-refractivity contribution < 1.29 is 17.9 Å². The molecule has 3 atom stereocenters. The van der Waals surface area contributed by atoms with Gasteiger partial charge in [0.1, 0.15) is 9.96 Å². The maximum absolute atomic E-state index is 12.8.